The molecule has 0 aromatic heterocycles. The van der Waals surface area contributed by atoms with Crippen LogP contribution >= 0.6 is 0 Å². The molecule has 0 spiro atoms. The Hall–Kier alpha value is -2.20. The van der Waals surface area contributed by atoms with Crippen LogP contribution in [0, 0.1) is 5.82 Å². The smallest absolute Gasteiger partial charge is 0.228 e. The number of rotatable bonds is 5. The van der Waals surface area contributed by atoms with Crippen molar-refractivity contribution in [1.29, 1.82) is 0 Å². The summed E-state index contributed by atoms with van der Waals surface area (Å²) in [5, 5.41) is 2.81. The van der Waals surface area contributed by atoms with Crippen molar-refractivity contribution in [3.63, 3.8) is 0 Å². The van der Waals surface area contributed by atoms with E-state index in [2.05, 4.69) is 5.32 Å². The molecule has 0 saturated carbocycles. The number of anilines is 1. The normalized spacial score (nSPS) is 10.3. The summed E-state index contributed by atoms with van der Waals surface area (Å²) in [4.78, 5) is 11.9. The lowest BCUT2D eigenvalue weighted by Crippen LogP contribution is -2.14. The third-order valence-corrected chi connectivity index (χ3v) is 2.95. The van der Waals surface area contributed by atoms with Gasteiger partial charge in [0.15, 0.2) is 0 Å². The van der Waals surface area contributed by atoms with E-state index >= 15 is 0 Å². The first-order valence-corrected chi connectivity index (χ1v) is 6.50. The molecule has 0 saturated heterocycles. The maximum atomic E-state index is 12.8. The molecule has 0 bridgehead atoms. The summed E-state index contributed by atoms with van der Waals surface area (Å²) >= 11 is 0. The number of amides is 1. The minimum atomic E-state index is -0.301. The Balaban J connectivity index is 1.92. The number of nitrogens with two attached hydrogens (primary N) is 1. The van der Waals surface area contributed by atoms with E-state index in [9.17, 15) is 9.18 Å². The molecule has 3 nitrogen and oxygen atoms in total. The SMILES string of the molecule is NCCc1ccc(NC(=O)Cc2ccc(F)cc2)cc1. The van der Waals surface area contributed by atoms with Crippen LogP contribution in [0.4, 0.5) is 10.1 Å². The first-order chi connectivity index (χ1) is 9.67. The molecule has 0 fully saturated rings. The Labute approximate surface area is 117 Å². The molecular formula is C16H17FN2O. The standard InChI is InChI=1S/C16H17FN2O/c17-14-5-1-13(2-6-14)11-16(20)19-15-7-3-12(4-8-15)9-10-18/h1-8H,9-11,18H2,(H,19,20). The molecule has 0 aliphatic carbocycles. The van der Waals surface area contributed by atoms with E-state index in [4.69, 9.17) is 5.73 Å². The van der Waals surface area contributed by atoms with E-state index in [1.54, 1.807) is 12.1 Å². The minimum Gasteiger partial charge on any atom is -0.330 e. The van der Waals surface area contributed by atoms with E-state index in [1.807, 2.05) is 24.3 Å². The van der Waals surface area contributed by atoms with E-state index in [-0.39, 0.29) is 18.1 Å². The fourth-order valence-corrected chi connectivity index (χ4v) is 1.91. The molecule has 2 rings (SSSR count). The van der Waals surface area contributed by atoms with Gasteiger partial charge in [0.25, 0.3) is 0 Å². The van der Waals surface area contributed by atoms with Crippen molar-refractivity contribution in [2.45, 2.75) is 12.8 Å². The molecule has 0 unspecified atom stereocenters. The van der Waals surface area contributed by atoms with Gasteiger partial charge in [-0.3, -0.25) is 4.79 Å². The van der Waals surface area contributed by atoms with Crippen molar-refractivity contribution in [1.82, 2.24) is 0 Å². The predicted octanol–water partition coefficient (Wildman–Crippen LogP) is 2.51. The maximum absolute atomic E-state index is 12.8. The monoisotopic (exact) mass is 272 g/mol. The van der Waals surface area contributed by atoms with E-state index in [0.29, 0.717) is 6.54 Å². The van der Waals surface area contributed by atoms with Gasteiger partial charge in [-0.1, -0.05) is 24.3 Å². The second kappa shape index (κ2) is 6.82. The zero-order chi connectivity index (χ0) is 14.4. The van der Waals surface area contributed by atoms with Crippen LogP contribution in [0.1, 0.15) is 11.1 Å². The molecule has 2 aromatic rings. The fraction of sp³-hybridized carbons (Fsp3) is 0.188. The van der Waals surface area contributed by atoms with Crippen LogP contribution in [0.5, 0.6) is 0 Å². The van der Waals surface area contributed by atoms with Crippen molar-refractivity contribution < 1.29 is 9.18 Å². The summed E-state index contributed by atoms with van der Waals surface area (Å²) in [6, 6.07) is 13.5. The molecule has 0 aliphatic heterocycles. The predicted molar refractivity (Wildman–Crippen MR) is 77.9 cm³/mol. The zero-order valence-corrected chi connectivity index (χ0v) is 11.1. The van der Waals surface area contributed by atoms with Crippen LogP contribution in [-0.4, -0.2) is 12.5 Å². The van der Waals surface area contributed by atoms with Crippen molar-refractivity contribution >= 4 is 11.6 Å². The lowest BCUT2D eigenvalue weighted by molar-refractivity contribution is -0.115. The van der Waals surface area contributed by atoms with Gasteiger partial charge in [-0.05, 0) is 48.4 Å². The first kappa shape index (κ1) is 14.2. The summed E-state index contributed by atoms with van der Waals surface area (Å²) in [6.45, 7) is 0.607. The van der Waals surface area contributed by atoms with E-state index < -0.39 is 0 Å². The number of nitrogens with one attached hydrogen (secondary N) is 1. The lowest BCUT2D eigenvalue weighted by atomic mass is 10.1. The highest BCUT2D eigenvalue weighted by Gasteiger charge is 2.04. The number of hydrogen-bond donors (Lipinski definition) is 2. The van der Waals surface area contributed by atoms with Crippen LogP contribution in [0.25, 0.3) is 0 Å². The maximum Gasteiger partial charge on any atom is 0.228 e. The quantitative estimate of drug-likeness (QED) is 0.878. The number of carbonyl (C=O) groups is 1. The summed E-state index contributed by atoms with van der Waals surface area (Å²) in [6.07, 6.45) is 1.05. The number of hydrogen-bond acceptors (Lipinski definition) is 2. The molecule has 20 heavy (non-hydrogen) atoms. The van der Waals surface area contributed by atoms with Gasteiger partial charge in [0.2, 0.25) is 5.91 Å². The molecule has 1 amide bonds. The summed E-state index contributed by atoms with van der Waals surface area (Å²) in [5.41, 5.74) is 8.15. The van der Waals surface area contributed by atoms with Crippen molar-refractivity contribution in [3.05, 3.63) is 65.5 Å². The summed E-state index contributed by atoms with van der Waals surface area (Å²) in [5.74, 6) is -0.423. The zero-order valence-electron chi connectivity index (χ0n) is 11.1. The highest BCUT2D eigenvalue weighted by molar-refractivity contribution is 5.92. The Morgan fingerprint density at radius 1 is 1.00 bits per heavy atom. The molecule has 0 aliphatic rings. The van der Waals surface area contributed by atoms with Gasteiger partial charge in [0, 0.05) is 5.69 Å². The molecule has 104 valence electrons. The fourth-order valence-electron chi connectivity index (χ4n) is 1.91. The second-order valence-corrected chi connectivity index (χ2v) is 4.59. The second-order valence-electron chi connectivity index (χ2n) is 4.59. The van der Waals surface area contributed by atoms with Crippen LogP contribution in [0.2, 0.25) is 0 Å². The van der Waals surface area contributed by atoms with Crippen molar-refractivity contribution in [2.24, 2.45) is 5.73 Å². The van der Waals surface area contributed by atoms with Gasteiger partial charge >= 0.3 is 0 Å². The van der Waals surface area contributed by atoms with Crippen molar-refractivity contribution in [2.75, 3.05) is 11.9 Å². The van der Waals surface area contributed by atoms with Gasteiger partial charge in [-0.25, -0.2) is 4.39 Å². The molecule has 0 heterocycles. The minimum absolute atomic E-state index is 0.122. The molecule has 0 atom stereocenters. The molecule has 0 radical (unpaired) electrons. The molecule has 4 heteroatoms. The number of carbonyl (C=O) groups excluding carboxylic acids is 1. The third kappa shape index (κ3) is 4.17. The lowest BCUT2D eigenvalue weighted by Gasteiger charge is -2.06. The van der Waals surface area contributed by atoms with E-state index in [0.717, 1.165) is 23.2 Å². The van der Waals surface area contributed by atoms with Crippen LogP contribution in [-0.2, 0) is 17.6 Å². The molecule has 2 aromatic carbocycles. The van der Waals surface area contributed by atoms with Gasteiger partial charge in [0.1, 0.15) is 5.82 Å². The highest BCUT2D eigenvalue weighted by atomic mass is 19.1. The van der Waals surface area contributed by atoms with Crippen molar-refractivity contribution in [3.8, 4) is 0 Å². The first-order valence-electron chi connectivity index (χ1n) is 6.50. The third-order valence-electron chi connectivity index (χ3n) is 2.95. The highest BCUT2D eigenvalue weighted by Crippen LogP contribution is 2.11. The van der Waals surface area contributed by atoms with Gasteiger partial charge < -0.3 is 11.1 Å². The van der Waals surface area contributed by atoms with E-state index in [1.165, 1.54) is 12.1 Å². The van der Waals surface area contributed by atoms with Gasteiger partial charge in [0.05, 0.1) is 6.42 Å². The van der Waals surface area contributed by atoms with Crippen LogP contribution < -0.4 is 11.1 Å². The summed E-state index contributed by atoms with van der Waals surface area (Å²) < 4.78 is 12.8. The molecular weight excluding hydrogens is 255 g/mol. The Kier molecular flexibility index (Phi) is 4.85. The Bertz CT molecular complexity index is 564. The largest absolute Gasteiger partial charge is 0.330 e. The average molecular weight is 272 g/mol. The summed E-state index contributed by atoms with van der Waals surface area (Å²) in [7, 11) is 0. The van der Waals surface area contributed by atoms with Gasteiger partial charge in [-0.15, -0.1) is 0 Å². The Morgan fingerprint density at radius 2 is 1.60 bits per heavy atom. The average Bonchev–Trinajstić information content (AvgIpc) is 2.44. The number of benzene rings is 2. The van der Waals surface area contributed by atoms with Crippen LogP contribution in [0.15, 0.2) is 48.5 Å². The number of halogens is 1. The Morgan fingerprint density at radius 3 is 2.20 bits per heavy atom. The topological polar surface area (TPSA) is 55.1 Å². The van der Waals surface area contributed by atoms with Crippen LogP contribution in [0.3, 0.4) is 0 Å². The molecule has 3 N–H and O–H groups in total. The van der Waals surface area contributed by atoms with Gasteiger partial charge in [-0.2, -0.15) is 0 Å².